The Balaban J connectivity index is 2.14. The smallest absolute Gasteiger partial charge is 0.307 e. The van der Waals surface area contributed by atoms with Crippen molar-refractivity contribution in [3.63, 3.8) is 0 Å². The van der Waals surface area contributed by atoms with Crippen molar-refractivity contribution in [3.05, 3.63) is 12.2 Å². The Hall–Kier alpha value is -1.36. The number of aliphatic carboxylic acids is 1. The van der Waals surface area contributed by atoms with Gasteiger partial charge in [-0.1, -0.05) is 12.2 Å². The predicted octanol–water partition coefficient (Wildman–Crippen LogP) is 1.00. The second-order valence-corrected chi connectivity index (χ2v) is 5.59. The predicted molar refractivity (Wildman–Crippen MR) is 69.5 cm³/mol. The van der Waals surface area contributed by atoms with Gasteiger partial charge in [0.15, 0.2) is 0 Å². The van der Waals surface area contributed by atoms with Crippen molar-refractivity contribution in [1.29, 1.82) is 0 Å². The van der Waals surface area contributed by atoms with Crippen LogP contribution in [-0.4, -0.2) is 48.7 Å². The second-order valence-electron chi connectivity index (χ2n) is 5.59. The summed E-state index contributed by atoms with van der Waals surface area (Å²) < 4.78 is 5.05. The molecule has 0 spiro atoms. The lowest BCUT2D eigenvalue weighted by atomic mass is 9.82. The molecule has 2 aliphatic rings. The molecular weight excluding hydrogens is 246 g/mol. The molecular formula is C14H21NO4. The van der Waals surface area contributed by atoms with E-state index in [0.29, 0.717) is 6.61 Å². The van der Waals surface area contributed by atoms with Crippen LogP contribution in [0.3, 0.4) is 0 Å². The Bertz CT molecular complexity index is 406. The van der Waals surface area contributed by atoms with Gasteiger partial charge in [-0.05, 0) is 25.2 Å². The van der Waals surface area contributed by atoms with Crippen molar-refractivity contribution in [1.82, 2.24) is 4.90 Å². The first-order valence-corrected chi connectivity index (χ1v) is 6.64. The van der Waals surface area contributed by atoms with Gasteiger partial charge in [-0.2, -0.15) is 0 Å². The van der Waals surface area contributed by atoms with E-state index in [1.807, 2.05) is 19.1 Å². The number of rotatable bonds is 5. The molecule has 106 valence electrons. The molecule has 1 N–H and O–H groups in total. The molecule has 2 aliphatic carbocycles. The van der Waals surface area contributed by atoms with Gasteiger partial charge in [-0.25, -0.2) is 0 Å². The van der Waals surface area contributed by atoms with E-state index in [9.17, 15) is 14.7 Å². The zero-order chi connectivity index (χ0) is 14.2. The third kappa shape index (κ3) is 2.39. The van der Waals surface area contributed by atoms with Gasteiger partial charge in [0.25, 0.3) is 0 Å². The minimum absolute atomic E-state index is 0.0163. The maximum Gasteiger partial charge on any atom is 0.307 e. The summed E-state index contributed by atoms with van der Waals surface area (Å²) in [6, 6.07) is -0.0462. The quantitative estimate of drug-likeness (QED) is 0.755. The number of carbonyl (C=O) groups is 2. The monoisotopic (exact) mass is 267 g/mol. The van der Waals surface area contributed by atoms with Gasteiger partial charge in [-0.3, -0.25) is 9.59 Å². The summed E-state index contributed by atoms with van der Waals surface area (Å²) in [6.07, 6.45) is 4.74. The number of hydrogen-bond donors (Lipinski definition) is 1. The van der Waals surface area contributed by atoms with Crippen LogP contribution in [0.2, 0.25) is 0 Å². The SMILES string of the molecule is COCC(C)N(C)C(=O)[C@H]1C2C=CC(C2)[C@H]1C(=O)O. The van der Waals surface area contributed by atoms with Gasteiger partial charge < -0.3 is 14.7 Å². The van der Waals surface area contributed by atoms with Gasteiger partial charge in [0, 0.05) is 14.2 Å². The average molecular weight is 267 g/mol. The summed E-state index contributed by atoms with van der Waals surface area (Å²) >= 11 is 0. The fourth-order valence-corrected chi connectivity index (χ4v) is 3.30. The third-order valence-corrected chi connectivity index (χ3v) is 4.45. The van der Waals surface area contributed by atoms with Crippen LogP contribution in [0.15, 0.2) is 12.2 Å². The Kier molecular flexibility index (Phi) is 3.94. The number of likely N-dealkylation sites (N-methyl/N-ethyl adjacent to an activating group) is 1. The molecule has 5 heteroatoms. The van der Waals surface area contributed by atoms with Crippen LogP contribution < -0.4 is 0 Å². The number of amides is 1. The van der Waals surface area contributed by atoms with Gasteiger partial charge in [-0.15, -0.1) is 0 Å². The lowest BCUT2D eigenvalue weighted by Gasteiger charge is -2.31. The van der Waals surface area contributed by atoms with Crippen molar-refractivity contribution in [3.8, 4) is 0 Å². The van der Waals surface area contributed by atoms with E-state index in [4.69, 9.17) is 4.74 Å². The number of nitrogens with zero attached hydrogens (tertiary/aromatic N) is 1. The summed E-state index contributed by atoms with van der Waals surface area (Å²) in [7, 11) is 3.32. The standard InChI is InChI=1S/C14H21NO4/c1-8(7-19-3)15(2)13(16)11-9-4-5-10(6-9)12(11)14(17)18/h4-5,8-12H,6-7H2,1-3H3,(H,17,18)/t8?,9?,10?,11-,12+/m0/s1. The molecule has 5 nitrogen and oxygen atoms in total. The van der Waals surface area contributed by atoms with Gasteiger partial charge in [0.2, 0.25) is 5.91 Å². The van der Waals surface area contributed by atoms with Crippen LogP contribution >= 0.6 is 0 Å². The average Bonchev–Trinajstić information content (AvgIpc) is 2.97. The number of fused-ring (bicyclic) bond motifs is 2. The molecule has 2 rings (SSSR count). The van der Waals surface area contributed by atoms with Crippen LogP contribution in [0.5, 0.6) is 0 Å². The molecule has 0 heterocycles. The maximum atomic E-state index is 12.5. The summed E-state index contributed by atoms with van der Waals surface area (Å²) in [5.41, 5.74) is 0. The molecule has 5 atom stereocenters. The summed E-state index contributed by atoms with van der Waals surface area (Å²) in [4.78, 5) is 25.6. The van der Waals surface area contributed by atoms with Crippen molar-refractivity contribution < 1.29 is 19.4 Å². The number of ether oxygens (including phenoxy) is 1. The van der Waals surface area contributed by atoms with Crippen molar-refractivity contribution in [2.45, 2.75) is 19.4 Å². The van der Waals surface area contributed by atoms with E-state index in [-0.39, 0.29) is 23.8 Å². The Morgan fingerprint density at radius 2 is 1.95 bits per heavy atom. The first kappa shape index (κ1) is 14.1. The highest BCUT2D eigenvalue weighted by Gasteiger charge is 2.52. The van der Waals surface area contributed by atoms with Crippen LogP contribution in [0.4, 0.5) is 0 Å². The van der Waals surface area contributed by atoms with Crippen molar-refractivity contribution >= 4 is 11.9 Å². The van der Waals surface area contributed by atoms with E-state index >= 15 is 0 Å². The van der Waals surface area contributed by atoms with Crippen LogP contribution in [0.25, 0.3) is 0 Å². The number of methoxy groups -OCH3 is 1. The molecule has 0 saturated heterocycles. The number of hydrogen-bond acceptors (Lipinski definition) is 3. The van der Waals surface area contributed by atoms with Gasteiger partial charge >= 0.3 is 5.97 Å². The lowest BCUT2D eigenvalue weighted by Crippen LogP contribution is -2.45. The number of allylic oxidation sites excluding steroid dienone is 2. The number of carboxylic acids is 1. The van der Waals surface area contributed by atoms with E-state index in [1.165, 1.54) is 0 Å². The molecule has 0 aliphatic heterocycles. The highest BCUT2D eigenvalue weighted by atomic mass is 16.5. The molecule has 2 bridgehead atoms. The second kappa shape index (κ2) is 5.33. The normalized spacial score (nSPS) is 33.4. The van der Waals surface area contributed by atoms with Crippen LogP contribution in [0.1, 0.15) is 13.3 Å². The van der Waals surface area contributed by atoms with E-state index in [2.05, 4.69) is 0 Å². The summed E-state index contributed by atoms with van der Waals surface area (Å²) in [5.74, 6) is -1.83. The Morgan fingerprint density at radius 1 is 1.37 bits per heavy atom. The van der Waals surface area contributed by atoms with E-state index < -0.39 is 17.8 Å². The first-order chi connectivity index (χ1) is 8.97. The van der Waals surface area contributed by atoms with Crippen LogP contribution in [0, 0.1) is 23.7 Å². The van der Waals surface area contributed by atoms with Crippen LogP contribution in [-0.2, 0) is 14.3 Å². The molecule has 3 unspecified atom stereocenters. The Labute approximate surface area is 113 Å². The molecule has 0 aromatic heterocycles. The molecule has 1 fully saturated rings. The third-order valence-electron chi connectivity index (χ3n) is 4.45. The zero-order valence-corrected chi connectivity index (χ0v) is 11.6. The summed E-state index contributed by atoms with van der Waals surface area (Å²) in [5, 5.41) is 9.35. The van der Waals surface area contributed by atoms with Crippen molar-refractivity contribution in [2.75, 3.05) is 20.8 Å². The van der Waals surface area contributed by atoms with E-state index in [0.717, 1.165) is 6.42 Å². The molecule has 0 aromatic rings. The zero-order valence-electron chi connectivity index (χ0n) is 11.6. The lowest BCUT2D eigenvalue weighted by molar-refractivity contribution is -0.151. The minimum Gasteiger partial charge on any atom is -0.481 e. The largest absolute Gasteiger partial charge is 0.481 e. The van der Waals surface area contributed by atoms with Gasteiger partial charge in [0.1, 0.15) is 0 Å². The minimum atomic E-state index is -0.858. The number of carboxylic acid groups (broad SMARTS) is 1. The fraction of sp³-hybridized carbons (Fsp3) is 0.714. The van der Waals surface area contributed by atoms with Crippen molar-refractivity contribution in [2.24, 2.45) is 23.7 Å². The molecule has 19 heavy (non-hydrogen) atoms. The summed E-state index contributed by atoms with van der Waals surface area (Å²) in [6.45, 7) is 2.36. The molecule has 0 radical (unpaired) electrons. The fourth-order valence-electron chi connectivity index (χ4n) is 3.30. The van der Waals surface area contributed by atoms with E-state index in [1.54, 1.807) is 19.1 Å². The first-order valence-electron chi connectivity index (χ1n) is 6.64. The van der Waals surface area contributed by atoms with Gasteiger partial charge in [0.05, 0.1) is 24.5 Å². The molecule has 0 aromatic carbocycles. The number of carbonyl (C=O) groups excluding carboxylic acids is 1. The highest BCUT2D eigenvalue weighted by molar-refractivity contribution is 5.87. The topological polar surface area (TPSA) is 66.8 Å². The Morgan fingerprint density at radius 3 is 2.47 bits per heavy atom. The molecule has 1 saturated carbocycles. The maximum absolute atomic E-state index is 12.5. The highest BCUT2D eigenvalue weighted by Crippen LogP contribution is 2.48. The molecule has 1 amide bonds.